The van der Waals surface area contributed by atoms with Crippen LogP contribution in [0.25, 0.3) is 0 Å². The monoisotopic (exact) mass is 213 g/mol. The quantitative estimate of drug-likeness (QED) is 0.649. The fraction of sp³-hybridized carbons (Fsp3) is 0.375. The van der Waals surface area contributed by atoms with Crippen molar-refractivity contribution < 1.29 is 19.4 Å². The number of methoxy groups -OCH3 is 1. The number of aromatic hydroxyl groups is 1. The lowest BCUT2D eigenvalue weighted by Crippen LogP contribution is -2.30. The molecule has 1 heterocycles. The highest BCUT2D eigenvalue weighted by Crippen LogP contribution is 2.19. The highest BCUT2D eigenvalue weighted by Gasteiger charge is 2.19. The predicted molar refractivity (Wildman–Crippen MR) is 49.5 cm³/mol. The first-order valence-electron chi connectivity index (χ1n) is 4.25. The number of hydrogen-bond acceptors (Lipinski definition) is 5. The summed E-state index contributed by atoms with van der Waals surface area (Å²) in [5, 5.41) is 17.4. The maximum Gasteiger partial charge on any atom is 0.413 e. The fourth-order valence-electron chi connectivity index (χ4n) is 0.985. The van der Waals surface area contributed by atoms with Crippen LogP contribution >= 0.6 is 0 Å². The number of carbonyl (C=O) groups excluding carboxylic acids is 2. The number of aromatic nitrogens is 2. The molecule has 0 atom stereocenters. The number of aryl methyl sites for hydroxylation is 1. The molecule has 15 heavy (non-hydrogen) atoms. The minimum absolute atomic E-state index is 0.155. The molecule has 2 amide bonds. The zero-order valence-electron chi connectivity index (χ0n) is 8.33. The number of nitrogens with zero attached hydrogens (tertiary/aromatic N) is 1. The van der Waals surface area contributed by atoms with Gasteiger partial charge in [-0.3, -0.25) is 15.2 Å². The summed E-state index contributed by atoms with van der Waals surface area (Å²) >= 11 is 0. The number of imide groups is 1. The third-order valence-electron chi connectivity index (χ3n) is 1.78. The number of rotatable bonds is 2. The molecule has 0 aliphatic heterocycles. The largest absolute Gasteiger partial charge is 0.504 e. The van der Waals surface area contributed by atoms with Gasteiger partial charge in [0.2, 0.25) is 0 Å². The Kier molecular flexibility index (Phi) is 3.27. The number of carbonyl (C=O) groups is 2. The lowest BCUT2D eigenvalue weighted by Gasteiger charge is -2.00. The number of alkyl carbamates (subject to hydrolysis) is 1. The average Bonchev–Trinajstić information content (AvgIpc) is 2.59. The SMILES string of the molecule is CCc1n[nH]c(C(=O)NC(=O)OC)c1O. The van der Waals surface area contributed by atoms with E-state index in [9.17, 15) is 14.7 Å². The van der Waals surface area contributed by atoms with Crippen molar-refractivity contribution in [2.75, 3.05) is 7.11 Å². The molecule has 0 saturated heterocycles. The molecule has 0 saturated carbocycles. The van der Waals surface area contributed by atoms with E-state index >= 15 is 0 Å². The number of amides is 2. The Morgan fingerprint density at radius 2 is 2.27 bits per heavy atom. The van der Waals surface area contributed by atoms with Gasteiger partial charge in [0, 0.05) is 0 Å². The van der Waals surface area contributed by atoms with Crippen molar-refractivity contribution in [3.05, 3.63) is 11.4 Å². The fourth-order valence-corrected chi connectivity index (χ4v) is 0.985. The van der Waals surface area contributed by atoms with Gasteiger partial charge in [-0.25, -0.2) is 4.79 Å². The summed E-state index contributed by atoms with van der Waals surface area (Å²) in [7, 11) is 1.13. The van der Waals surface area contributed by atoms with E-state index in [0.717, 1.165) is 7.11 Å². The van der Waals surface area contributed by atoms with Crippen molar-refractivity contribution >= 4 is 12.0 Å². The van der Waals surface area contributed by atoms with Crippen LogP contribution in [-0.4, -0.2) is 34.4 Å². The minimum atomic E-state index is -0.896. The van der Waals surface area contributed by atoms with Crippen molar-refractivity contribution in [3.63, 3.8) is 0 Å². The molecule has 3 N–H and O–H groups in total. The molecule has 0 unspecified atom stereocenters. The van der Waals surface area contributed by atoms with E-state index < -0.39 is 12.0 Å². The third-order valence-corrected chi connectivity index (χ3v) is 1.78. The summed E-state index contributed by atoms with van der Waals surface area (Å²) in [5.41, 5.74) is 0.210. The summed E-state index contributed by atoms with van der Waals surface area (Å²) in [6.45, 7) is 1.78. The smallest absolute Gasteiger partial charge is 0.413 e. The van der Waals surface area contributed by atoms with Gasteiger partial charge in [-0.1, -0.05) is 6.92 Å². The van der Waals surface area contributed by atoms with Gasteiger partial charge in [0.15, 0.2) is 11.4 Å². The van der Waals surface area contributed by atoms with Crippen LogP contribution in [0.15, 0.2) is 0 Å². The number of aromatic amines is 1. The number of ether oxygens (including phenoxy) is 1. The van der Waals surface area contributed by atoms with Gasteiger partial charge in [0.25, 0.3) is 5.91 Å². The summed E-state index contributed by atoms with van der Waals surface area (Å²) in [6, 6.07) is 0. The zero-order chi connectivity index (χ0) is 11.4. The highest BCUT2D eigenvalue weighted by molar-refractivity contribution is 6.03. The summed E-state index contributed by atoms with van der Waals surface area (Å²) in [4.78, 5) is 22.0. The summed E-state index contributed by atoms with van der Waals surface area (Å²) < 4.78 is 4.23. The van der Waals surface area contributed by atoms with Crippen LogP contribution in [0.3, 0.4) is 0 Å². The van der Waals surface area contributed by atoms with E-state index in [-0.39, 0.29) is 11.4 Å². The van der Waals surface area contributed by atoms with E-state index in [0.29, 0.717) is 12.1 Å². The molecule has 1 rings (SSSR count). The second-order valence-corrected chi connectivity index (χ2v) is 2.69. The molecular weight excluding hydrogens is 202 g/mol. The van der Waals surface area contributed by atoms with Crippen molar-refractivity contribution in [3.8, 4) is 5.75 Å². The average molecular weight is 213 g/mol. The van der Waals surface area contributed by atoms with Gasteiger partial charge >= 0.3 is 6.09 Å². The first kappa shape index (κ1) is 11.0. The van der Waals surface area contributed by atoms with Crippen LogP contribution in [-0.2, 0) is 11.2 Å². The van der Waals surface area contributed by atoms with Crippen LogP contribution in [0.4, 0.5) is 4.79 Å². The Balaban J connectivity index is 2.82. The van der Waals surface area contributed by atoms with Crippen molar-refractivity contribution in [2.24, 2.45) is 0 Å². The molecule has 0 aliphatic rings. The first-order valence-corrected chi connectivity index (χ1v) is 4.25. The van der Waals surface area contributed by atoms with Crippen molar-refractivity contribution in [1.29, 1.82) is 0 Å². The number of hydrogen-bond donors (Lipinski definition) is 3. The Hall–Kier alpha value is -2.05. The Morgan fingerprint density at radius 3 is 2.73 bits per heavy atom. The van der Waals surface area contributed by atoms with Crippen molar-refractivity contribution in [2.45, 2.75) is 13.3 Å². The summed E-state index contributed by atoms with van der Waals surface area (Å²) in [5.74, 6) is -1.04. The van der Waals surface area contributed by atoms with Crippen LogP contribution in [0.1, 0.15) is 23.1 Å². The molecule has 1 aromatic rings. The maximum absolute atomic E-state index is 11.3. The molecule has 1 aromatic heterocycles. The maximum atomic E-state index is 11.3. The molecule has 0 fully saturated rings. The lowest BCUT2D eigenvalue weighted by molar-refractivity contribution is 0.0929. The standard InChI is InChI=1S/C8H11N3O4/c1-3-4-6(12)5(11-10-4)7(13)9-8(14)15-2/h12H,3H2,1-2H3,(H,10,11)(H,9,13,14). The molecule has 7 nitrogen and oxygen atoms in total. The highest BCUT2D eigenvalue weighted by atomic mass is 16.5. The minimum Gasteiger partial charge on any atom is -0.504 e. The second kappa shape index (κ2) is 4.45. The van der Waals surface area contributed by atoms with Gasteiger partial charge in [-0.15, -0.1) is 0 Å². The van der Waals surface area contributed by atoms with Crippen LogP contribution < -0.4 is 5.32 Å². The van der Waals surface area contributed by atoms with E-state index in [1.165, 1.54) is 0 Å². The predicted octanol–water partition coefficient (Wildman–Crippen LogP) is 0.174. The van der Waals surface area contributed by atoms with Gasteiger partial charge in [0.05, 0.1) is 7.11 Å². The van der Waals surface area contributed by atoms with Gasteiger partial charge in [-0.2, -0.15) is 5.10 Å². The summed E-state index contributed by atoms with van der Waals surface area (Å²) in [6.07, 6.45) is -0.416. The molecule has 0 spiro atoms. The molecule has 0 radical (unpaired) electrons. The molecule has 7 heteroatoms. The van der Waals surface area contributed by atoms with E-state index in [1.54, 1.807) is 6.92 Å². The molecule has 0 aliphatic carbocycles. The second-order valence-electron chi connectivity index (χ2n) is 2.69. The Labute approximate surface area is 85.4 Å². The molecule has 82 valence electrons. The zero-order valence-corrected chi connectivity index (χ0v) is 8.33. The molecule has 0 aromatic carbocycles. The van der Waals surface area contributed by atoms with Crippen LogP contribution in [0.2, 0.25) is 0 Å². The lowest BCUT2D eigenvalue weighted by atomic mass is 10.2. The Morgan fingerprint density at radius 1 is 1.60 bits per heavy atom. The van der Waals surface area contributed by atoms with Gasteiger partial charge in [-0.05, 0) is 6.42 Å². The normalized spacial score (nSPS) is 9.73. The van der Waals surface area contributed by atoms with E-state index in [4.69, 9.17) is 0 Å². The van der Waals surface area contributed by atoms with Crippen LogP contribution in [0.5, 0.6) is 5.75 Å². The van der Waals surface area contributed by atoms with Crippen molar-refractivity contribution in [1.82, 2.24) is 15.5 Å². The van der Waals surface area contributed by atoms with Crippen LogP contribution in [0, 0.1) is 0 Å². The number of nitrogens with one attached hydrogen (secondary N) is 2. The van der Waals surface area contributed by atoms with E-state index in [2.05, 4.69) is 14.9 Å². The molecule has 0 bridgehead atoms. The van der Waals surface area contributed by atoms with Gasteiger partial charge in [0.1, 0.15) is 5.69 Å². The van der Waals surface area contributed by atoms with Gasteiger partial charge < -0.3 is 9.84 Å². The Bertz CT molecular complexity index is 385. The first-order chi connectivity index (χ1) is 7.10. The molecular formula is C8H11N3O4. The number of H-pyrrole nitrogens is 1. The topological polar surface area (TPSA) is 104 Å². The van der Waals surface area contributed by atoms with E-state index in [1.807, 2.05) is 5.32 Å². The third kappa shape index (κ3) is 2.25.